The van der Waals surface area contributed by atoms with Crippen molar-refractivity contribution in [1.29, 1.82) is 0 Å². The second-order valence-corrected chi connectivity index (χ2v) is 8.55. The van der Waals surface area contributed by atoms with Crippen molar-refractivity contribution in [3.05, 3.63) is 54.1 Å². The van der Waals surface area contributed by atoms with Gasteiger partial charge in [0.25, 0.3) is 5.91 Å². The smallest absolute Gasteiger partial charge is 0.253 e. The lowest BCUT2D eigenvalue weighted by atomic mass is 10.1. The first-order valence-corrected chi connectivity index (χ1v) is 10.9. The molecule has 1 fully saturated rings. The predicted molar refractivity (Wildman–Crippen MR) is 114 cm³/mol. The number of anilines is 2. The Morgan fingerprint density at radius 3 is 1.89 bits per heavy atom. The van der Waals surface area contributed by atoms with Crippen molar-refractivity contribution in [2.45, 2.75) is 24.2 Å². The van der Waals surface area contributed by atoms with Crippen LogP contribution in [0.3, 0.4) is 0 Å². The zero-order valence-corrected chi connectivity index (χ0v) is 16.9. The Morgan fingerprint density at radius 1 is 0.893 bits per heavy atom. The van der Waals surface area contributed by atoms with Crippen molar-refractivity contribution in [2.24, 2.45) is 5.14 Å². The van der Waals surface area contributed by atoms with Crippen LogP contribution in [-0.4, -0.2) is 37.4 Å². The summed E-state index contributed by atoms with van der Waals surface area (Å²) < 4.78 is 22.6. The minimum Gasteiger partial charge on any atom is -0.339 e. The van der Waals surface area contributed by atoms with Gasteiger partial charge in [0, 0.05) is 30.0 Å². The predicted octanol–water partition coefficient (Wildman–Crippen LogP) is 2.77. The summed E-state index contributed by atoms with van der Waals surface area (Å²) in [4.78, 5) is 14.4. The van der Waals surface area contributed by atoms with Crippen molar-refractivity contribution in [3.8, 4) is 0 Å². The highest BCUT2D eigenvalue weighted by Crippen LogP contribution is 2.17. The van der Waals surface area contributed by atoms with Gasteiger partial charge < -0.3 is 15.5 Å². The number of benzene rings is 2. The van der Waals surface area contributed by atoms with Gasteiger partial charge in [0.05, 0.1) is 4.90 Å². The van der Waals surface area contributed by atoms with E-state index in [0.717, 1.165) is 31.6 Å². The van der Waals surface area contributed by atoms with Crippen molar-refractivity contribution in [1.82, 2.24) is 4.90 Å². The number of amides is 1. The summed E-state index contributed by atoms with van der Waals surface area (Å²) in [6.45, 7) is 1.63. The van der Waals surface area contributed by atoms with Crippen LogP contribution in [0.1, 0.15) is 29.6 Å². The number of piperidine rings is 1. The second-order valence-electron chi connectivity index (χ2n) is 6.58. The van der Waals surface area contributed by atoms with E-state index < -0.39 is 10.0 Å². The second kappa shape index (κ2) is 8.68. The highest BCUT2D eigenvalue weighted by Gasteiger charge is 2.17. The number of likely N-dealkylation sites (tertiary alicyclic amines) is 1. The van der Waals surface area contributed by atoms with Gasteiger partial charge >= 0.3 is 0 Å². The number of hydrogen-bond donors (Lipinski definition) is 3. The van der Waals surface area contributed by atoms with E-state index in [1.807, 2.05) is 4.90 Å². The molecule has 28 heavy (non-hydrogen) atoms. The molecule has 9 heteroatoms. The Bertz CT molecular complexity index is 952. The SMILES string of the molecule is NS(=O)(=O)c1ccc(NC(=S)Nc2ccc(C(=O)N3CCCCC3)cc2)cc1. The molecular formula is C19H22N4O3S2. The molecule has 1 aliphatic rings. The molecule has 4 N–H and O–H groups in total. The first-order chi connectivity index (χ1) is 13.3. The molecule has 0 unspecified atom stereocenters. The van der Waals surface area contributed by atoms with Crippen LogP contribution >= 0.6 is 12.2 Å². The lowest BCUT2D eigenvalue weighted by Gasteiger charge is -2.26. The third-order valence-corrected chi connectivity index (χ3v) is 5.61. The van der Waals surface area contributed by atoms with Crippen LogP contribution in [0.5, 0.6) is 0 Å². The maximum absolute atomic E-state index is 12.5. The van der Waals surface area contributed by atoms with Gasteiger partial charge in [-0.25, -0.2) is 13.6 Å². The average molecular weight is 419 g/mol. The number of carbonyl (C=O) groups excluding carboxylic acids is 1. The number of carbonyl (C=O) groups is 1. The number of nitrogens with two attached hydrogens (primary N) is 1. The molecule has 0 radical (unpaired) electrons. The monoisotopic (exact) mass is 418 g/mol. The topological polar surface area (TPSA) is 105 Å². The number of sulfonamides is 1. The third-order valence-electron chi connectivity index (χ3n) is 4.47. The van der Waals surface area contributed by atoms with Gasteiger partial charge in [-0.05, 0) is 80.0 Å². The maximum Gasteiger partial charge on any atom is 0.253 e. The Kier molecular flexibility index (Phi) is 6.28. The zero-order chi connectivity index (χ0) is 20.1. The van der Waals surface area contributed by atoms with Crippen LogP contribution in [0.15, 0.2) is 53.4 Å². The fourth-order valence-electron chi connectivity index (χ4n) is 3.00. The lowest BCUT2D eigenvalue weighted by molar-refractivity contribution is 0.0724. The van der Waals surface area contributed by atoms with Crippen molar-refractivity contribution in [2.75, 3.05) is 23.7 Å². The third kappa shape index (κ3) is 5.28. The fourth-order valence-corrected chi connectivity index (χ4v) is 3.75. The van der Waals surface area contributed by atoms with Gasteiger partial charge in [0.1, 0.15) is 0 Å². The molecule has 1 amide bonds. The molecule has 1 aliphatic heterocycles. The van der Waals surface area contributed by atoms with E-state index in [1.54, 1.807) is 36.4 Å². The Labute approximate surface area is 170 Å². The van der Waals surface area contributed by atoms with Crippen LogP contribution in [0.4, 0.5) is 11.4 Å². The quantitative estimate of drug-likeness (QED) is 0.660. The summed E-state index contributed by atoms with van der Waals surface area (Å²) in [5.41, 5.74) is 2.03. The summed E-state index contributed by atoms with van der Waals surface area (Å²) in [5, 5.41) is 11.4. The first-order valence-electron chi connectivity index (χ1n) is 8.93. The Hall–Kier alpha value is -2.49. The summed E-state index contributed by atoms with van der Waals surface area (Å²) in [6, 6.07) is 13.1. The Balaban J connectivity index is 1.57. The number of rotatable bonds is 4. The summed E-state index contributed by atoms with van der Waals surface area (Å²) in [7, 11) is -3.72. The van der Waals surface area contributed by atoms with Crippen LogP contribution in [0.2, 0.25) is 0 Å². The van der Waals surface area contributed by atoms with Gasteiger partial charge in [-0.15, -0.1) is 0 Å². The number of nitrogens with zero attached hydrogens (tertiary/aromatic N) is 1. The van der Waals surface area contributed by atoms with Crippen LogP contribution in [0.25, 0.3) is 0 Å². The Morgan fingerprint density at radius 2 is 1.39 bits per heavy atom. The molecule has 7 nitrogen and oxygen atoms in total. The van der Waals surface area contributed by atoms with E-state index in [-0.39, 0.29) is 10.8 Å². The van der Waals surface area contributed by atoms with E-state index in [0.29, 0.717) is 16.4 Å². The van der Waals surface area contributed by atoms with Crippen molar-refractivity contribution in [3.63, 3.8) is 0 Å². The number of thiocarbonyl (C=S) groups is 1. The summed E-state index contributed by atoms with van der Waals surface area (Å²) in [6.07, 6.45) is 3.30. The fraction of sp³-hybridized carbons (Fsp3) is 0.263. The van der Waals surface area contributed by atoms with E-state index in [4.69, 9.17) is 17.4 Å². The standard InChI is InChI=1S/C19H22N4O3S2/c20-28(25,26)17-10-8-16(9-11-17)22-19(27)21-15-6-4-14(5-7-15)18(24)23-12-2-1-3-13-23/h4-11H,1-3,12-13H2,(H2,20,25,26)(H2,21,22,27). The molecule has 0 bridgehead atoms. The van der Waals surface area contributed by atoms with E-state index in [9.17, 15) is 13.2 Å². The first kappa shape index (κ1) is 20.2. The molecular weight excluding hydrogens is 396 g/mol. The zero-order valence-electron chi connectivity index (χ0n) is 15.2. The average Bonchev–Trinajstić information content (AvgIpc) is 2.68. The molecule has 0 aromatic heterocycles. The number of hydrogen-bond acceptors (Lipinski definition) is 4. The molecule has 0 aliphatic carbocycles. The molecule has 2 aromatic rings. The van der Waals surface area contributed by atoms with Gasteiger partial charge in [0.2, 0.25) is 10.0 Å². The molecule has 0 spiro atoms. The molecule has 1 heterocycles. The normalized spacial score (nSPS) is 14.4. The molecule has 148 valence electrons. The van der Waals surface area contributed by atoms with Crippen LogP contribution in [0, 0.1) is 0 Å². The van der Waals surface area contributed by atoms with E-state index >= 15 is 0 Å². The van der Waals surface area contributed by atoms with Crippen LogP contribution in [-0.2, 0) is 10.0 Å². The minimum atomic E-state index is -3.72. The summed E-state index contributed by atoms with van der Waals surface area (Å²) >= 11 is 5.27. The highest BCUT2D eigenvalue weighted by atomic mass is 32.2. The van der Waals surface area contributed by atoms with Crippen molar-refractivity contribution < 1.29 is 13.2 Å². The molecule has 1 saturated heterocycles. The molecule has 0 atom stereocenters. The van der Waals surface area contributed by atoms with Crippen molar-refractivity contribution >= 4 is 44.6 Å². The van der Waals surface area contributed by atoms with Gasteiger partial charge in [-0.1, -0.05) is 0 Å². The van der Waals surface area contributed by atoms with E-state index in [2.05, 4.69) is 10.6 Å². The van der Waals surface area contributed by atoms with Gasteiger partial charge in [-0.2, -0.15) is 0 Å². The molecule has 3 rings (SSSR count). The highest BCUT2D eigenvalue weighted by molar-refractivity contribution is 7.89. The minimum absolute atomic E-state index is 0.0332. The number of primary sulfonamides is 1. The van der Waals surface area contributed by atoms with Crippen LogP contribution < -0.4 is 15.8 Å². The molecule has 0 saturated carbocycles. The molecule has 2 aromatic carbocycles. The largest absolute Gasteiger partial charge is 0.339 e. The number of nitrogens with one attached hydrogen (secondary N) is 2. The lowest BCUT2D eigenvalue weighted by Crippen LogP contribution is -2.35. The van der Waals surface area contributed by atoms with E-state index in [1.165, 1.54) is 18.6 Å². The van der Waals surface area contributed by atoms with Gasteiger partial charge in [0.15, 0.2) is 5.11 Å². The summed E-state index contributed by atoms with van der Waals surface area (Å²) in [5.74, 6) is 0.0573. The maximum atomic E-state index is 12.5. The van der Waals surface area contributed by atoms with Gasteiger partial charge in [-0.3, -0.25) is 4.79 Å².